The van der Waals surface area contributed by atoms with Gasteiger partial charge in [-0.2, -0.15) is 0 Å². The molecule has 0 atom stereocenters. The van der Waals surface area contributed by atoms with Crippen molar-refractivity contribution in [1.29, 1.82) is 0 Å². The van der Waals surface area contributed by atoms with Crippen LogP contribution in [0.25, 0.3) is 0 Å². The zero-order chi connectivity index (χ0) is 15.5. The Kier molecular flexibility index (Phi) is 5.16. The first-order valence-electron chi connectivity index (χ1n) is 6.37. The second-order valence-electron chi connectivity index (χ2n) is 4.73. The molecule has 2 aromatic carbocycles. The smallest absolute Gasteiger partial charge is 0.241 e. The van der Waals surface area contributed by atoms with E-state index in [0.717, 1.165) is 16.7 Å². The maximum Gasteiger partial charge on any atom is 0.241 e. The molecule has 0 aromatic heterocycles. The van der Waals surface area contributed by atoms with Crippen molar-refractivity contribution in [2.45, 2.75) is 25.0 Å². The number of hydrogen-bond acceptors (Lipinski definition) is 3. The lowest BCUT2D eigenvalue weighted by molar-refractivity contribution is 0.282. The zero-order valence-corrected chi connectivity index (χ0v) is 13.9. The first-order valence-corrected chi connectivity index (χ1v) is 8.64. The standard InChI is InChI=1S/C15H16BrNO3S/c1-11-2-7-15(14(16)8-11)21(19,20)17-9-12-3-5-13(10-18)6-4-12/h2-8,17-18H,9-10H2,1H3. The third kappa shape index (κ3) is 4.14. The zero-order valence-electron chi connectivity index (χ0n) is 11.5. The summed E-state index contributed by atoms with van der Waals surface area (Å²) in [5.74, 6) is 0. The van der Waals surface area contributed by atoms with Gasteiger partial charge in [-0.3, -0.25) is 0 Å². The van der Waals surface area contributed by atoms with Gasteiger partial charge in [0.05, 0.1) is 11.5 Å². The number of sulfonamides is 1. The molecule has 4 nitrogen and oxygen atoms in total. The number of nitrogens with one attached hydrogen (secondary N) is 1. The third-order valence-corrected chi connectivity index (χ3v) is 5.43. The van der Waals surface area contributed by atoms with Crippen LogP contribution in [0.5, 0.6) is 0 Å². The van der Waals surface area contributed by atoms with Crippen LogP contribution in [0, 0.1) is 6.92 Å². The fraction of sp³-hybridized carbons (Fsp3) is 0.200. The van der Waals surface area contributed by atoms with Crippen molar-refractivity contribution in [3.05, 3.63) is 63.6 Å². The van der Waals surface area contributed by atoms with Gasteiger partial charge in [-0.15, -0.1) is 0 Å². The van der Waals surface area contributed by atoms with Crippen LogP contribution in [-0.2, 0) is 23.2 Å². The molecule has 6 heteroatoms. The van der Waals surface area contributed by atoms with Crippen LogP contribution < -0.4 is 4.72 Å². The lowest BCUT2D eigenvalue weighted by atomic mass is 10.1. The van der Waals surface area contributed by atoms with Crippen molar-refractivity contribution in [3.63, 3.8) is 0 Å². The van der Waals surface area contributed by atoms with Gasteiger partial charge < -0.3 is 5.11 Å². The van der Waals surface area contributed by atoms with E-state index in [4.69, 9.17) is 5.11 Å². The average Bonchev–Trinajstić information content (AvgIpc) is 2.45. The molecule has 0 aliphatic carbocycles. The van der Waals surface area contributed by atoms with Gasteiger partial charge in [-0.1, -0.05) is 30.3 Å². The van der Waals surface area contributed by atoms with Crippen molar-refractivity contribution < 1.29 is 13.5 Å². The van der Waals surface area contributed by atoms with Gasteiger partial charge in [0.2, 0.25) is 10.0 Å². The van der Waals surface area contributed by atoms with E-state index in [0.29, 0.717) is 4.47 Å². The highest BCUT2D eigenvalue weighted by molar-refractivity contribution is 9.10. The summed E-state index contributed by atoms with van der Waals surface area (Å²) in [6, 6.07) is 12.2. The Morgan fingerprint density at radius 2 is 1.71 bits per heavy atom. The lowest BCUT2D eigenvalue weighted by Gasteiger charge is -2.09. The second-order valence-corrected chi connectivity index (χ2v) is 7.32. The number of benzene rings is 2. The normalized spacial score (nSPS) is 11.6. The number of aliphatic hydroxyl groups is 1. The summed E-state index contributed by atoms with van der Waals surface area (Å²) in [7, 11) is -3.57. The molecule has 2 rings (SSSR count). The Balaban J connectivity index is 2.13. The largest absolute Gasteiger partial charge is 0.392 e. The number of hydrogen-bond donors (Lipinski definition) is 2. The van der Waals surface area contributed by atoms with E-state index in [1.165, 1.54) is 0 Å². The molecule has 0 unspecified atom stereocenters. The van der Waals surface area contributed by atoms with Crippen molar-refractivity contribution in [2.24, 2.45) is 0 Å². The van der Waals surface area contributed by atoms with E-state index in [2.05, 4.69) is 20.7 Å². The molecule has 112 valence electrons. The highest BCUT2D eigenvalue weighted by Gasteiger charge is 2.17. The average molecular weight is 370 g/mol. The molecule has 2 aromatic rings. The minimum Gasteiger partial charge on any atom is -0.392 e. The summed E-state index contributed by atoms with van der Waals surface area (Å²) >= 11 is 3.28. The molecular formula is C15H16BrNO3S. The van der Waals surface area contributed by atoms with E-state index in [-0.39, 0.29) is 18.0 Å². The van der Waals surface area contributed by atoms with Crippen LogP contribution in [0.2, 0.25) is 0 Å². The second kappa shape index (κ2) is 6.70. The molecule has 21 heavy (non-hydrogen) atoms. The Labute approximate surface area is 133 Å². The molecule has 0 radical (unpaired) electrons. The number of rotatable bonds is 5. The van der Waals surface area contributed by atoms with Crippen LogP contribution in [-0.4, -0.2) is 13.5 Å². The molecule has 0 spiro atoms. The van der Waals surface area contributed by atoms with Crippen molar-refractivity contribution in [3.8, 4) is 0 Å². The van der Waals surface area contributed by atoms with Crippen molar-refractivity contribution in [1.82, 2.24) is 4.72 Å². The Bertz CT molecular complexity index is 727. The predicted molar refractivity (Wildman–Crippen MR) is 85.3 cm³/mol. The molecule has 0 amide bonds. The van der Waals surface area contributed by atoms with Crippen molar-refractivity contribution in [2.75, 3.05) is 0 Å². The van der Waals surface area contributed by atoms with Gasteiger partial charge >= 0.3 is 0 Å². The van der Waals surface area contributed by atoms with Gasteiger partial charge in [-0.25, -0.2) is 13.1 Å². The van der Waals surface area contributed by atoms with Crippen LogP contribution in [0.4, 0.5) is 0 Å². The van der Waals surface area contributed by atoms with Gasteiger partial charge in [0.1, 0.15) is 0 Å². The molecular weight excluding hydrogens is 354 g/mol. The minimum absolute atomic E-state index is 0.0255. The maximum absolute atomic E-state index is 12.3. The SMILES string of the molecule is Cc1ccc(S(=O)(=O)NCc2ccc(CO)cc2)c(Br)c1. The number of aliphatic hydroxyl groups excluding tert-OH is 1. The van der Waals surface area contributed by atoms with Crippen LogP contribution in [0.3, 0.4) is 0 Å². The Hall–Kier alpha value is -1.21. The quantitative estimate of drug-likeness (QED) is 0.851. The van der Waals surface area contributed by atoms with E-state index < -0.39 is 10.0 Å². The lowest BCUT2D eigenvalue weighted by Crippen LogP contribution is -2.23. The summed E-state index contributed by atoms with van der Waals surface area (Å²) in [6.45, 7) is 2.08. The molecule has 0 aliphatic heterocycles. The molecule has 2 N–H and O–H groups in total. The first-order chi connectivity index (χ1) is 9.92. The summed E-state index contributed by atoms with van der Waals surface area (Å²) < 4.78 is 27.7. The van der Waals surface area contributed by atoms with E-state index in [9.17, 15) is 8.42 Å². The minimum atomic E-state index is -3.57. The van der Waals surface area contributed by atoms with Gasteiger partial charge in [0.15, 0.2) is 0 Å². The van der Waals surface area contributed by atoms with Gasteiger partial charge in [0.25, 0.3) is 0 Å². The van der Waals surface area contributed by atoms with Crippen LogP contribution in [0.1, 0.15) is 16.7 Å². The fourth-order valence-corrected chi connectivity index (χ4v) is 4.05. The molecule has 0 fully saturated rings. The number of halogens is 1. The van der Waals surface area contributed by atoms with E-state index in [1.54, 1.807) is 42.5 Å². The topological polar surface area (TPSA) is 66.4 Å². The molecule has 0 bridgehead atoms. The Morgan fingerprint density at radius 3 is 2.29 bits per heavy atom. The van der Waals surface area contributed by atoms with Gasteiger partial charge in [-0.05, 0) is 51.7 Å². The molecule has 0 saturated heterocycles. The first kappa shape index (κ1) is 16.2. The van der Waals surface area contributed by atoms with E-state index in [1.807, 2.05) is 6.92 Å². The monoisotopic (exact) mass is 369 g/mol. The fourth-order valence-electron chi connectivity index (χ4n) is 1.84. The highest BCUT2D eigenvalue weighted by Crippen LogP contribution is 2.23. The Morgan fingerprint density at radius 1 is 1.10 bits per heavy atom. The summed E-state index contributed by atoms with van der Waals surface area (Å²) in [5, 5.41) is 8.97. The molecule has 0 saturated carbocycles. The van der Waals surface area contributed by atoms with Crippen LogP contribution in [0.15, 0.2) is 51.8 Å². The molecule has 0 heterocycles. The highest BCUT2D eigenvalue weighted by atomic mass is 79.9. The van der Waals surface area contributed by atoms with E-state index >= 15 is 0 Å². The summed E-state index contributed by atoms with van der Waals surface area (Å²) in [4.78, 5) is 0.222. The number of aryl methyl sites for hydroxylation is 1. The van der Waals surface area contributed by atoms with Crippen LogP contribution >= 0.6 is 15.9 Å². The third-order valence-electron chi connectivity index (χ3n) is 3.05. The summed E-state index contributed by atoms with van der Waals surface area (Å²) in [5.41, 5.74) is 2.61. The molecule has 0 aliphatic rings. The predicted octanol–water partition coefficient (Wildman–Crippen LogP) is 2.73. The van der Waals surface area contributed by atoms with Gasteiger partial charge in [0, 0.05) is 11.0 Å². The maximum atomic E-state index is 12.3. The van der Waals surface area contributed by atoms with Crippen molar-refractivity contribution >= 4 is 26.0 Å². The summed E-state index contributed by atoms with van der Waals surface area (Å²) in [6.07, 6.45) is 0.